The number of aliphatic hydroxyl groups excluding tert-OH is 1. The molecule has 3 nitrogen and oxygen atoms in total. The van der Waals surface area contributed by atoms with Crippen molar-refractivity contribution in [2.45, 2.75) is 23.8 Å². The van der Waals surface area contributed by atoms with Gasteiger partial charge in [0.05, 0.1) is 5.41 Å². The molecule has 3 rings (SSSR count). The van der Waals surface area contributed by atoms with Crippen LogP contribution >= 0.6 is 34.5 Å². The number of halogens is 2. The summed E-state index contributed by atoms with van der Waals surface area (Å²) in [5, 5.41) is 14.0. The van der Waals surface area contributed by atoms with E-state index in [0.717, 1.165) is 15.0 Å². The van der Waals surface area contributed by atoms with E-state index < -0.39 is 15.9 Å². The summed E-state index contributed by atoms with van der Waals surface area (Å²) in [7, 11) is 0. The smallest absolute Gasteiger partial charge is 0.229 e. The van der Waals surface area contributed by atoms with Crippen LogP contribution in [0, 0.1) is 5.41 Å². The van der Waals surface area contributed by atoms with Crippen LogP contribution in [-0.2, 0) is 4.79 Å². The predicted octanol–water partition coefficient (Wildman–Crippen LogP) is 3.63. The molecule has 0 saturated heterocycles. The third-order valence-corrected chi connectivity index (χ3v) is 6.31. The van der Waals surface area contributed by atoms with Crippen molar-refractivity contribution >= 4 is 50.5 Å². The molecule has 1 saturated carbocycles. The Hall–Kier alpha value is -0.810. The fourth-order valence-corrected chi connectivity index (χ4v) is 4.05. The Morgan fingerprint density at radius 2 is 2.14 bits per heavy atom. The number of rotatable bonds is 4. The van der Waals surface area contributed by atoms with Gasteiger partial charge in [-0.3, -0.25) is 4.79 Å². The minimum atomic E-state index is -0.986. The molecule has 2 unspecified atom stereocenters. The predicted molar refractivity (Wildman–Crippen MR) is 87.0 cm³/mol. The summed E-state index contributed by atoms with van der Waals surface area (Å²) < 4.78 is 0.132. The Morgan fingerprint density at radius 3 is 2.76 bits per heavy atom. The van der Waals surface area contributed by atoms with E-state index in [1.165, 1.54) is 11.3 Å². The number of benzene rings is 1. The molecule has 1 amide bonds. The molecule has 21 heavy (non-hydrogen) atoms. The van der Waals surface area contributed by atoms with Crippen LogP contribution < -0.4 is 5.32 Å². The Bertz CT molecular complexity index is 667. The van der Waals surface area contributed by atoms with Crippen molar-refractivity contribution in [3.05, 3.63) is 35.2 Å². The minimum absolute atomic E-state index is 0.158. The van der Waals surface area contributed by atoms with Gasteiger partial charge in [-0.1, -0.05) is 18.2 Å². The molecule has 2 atom stereocenters. The first-order valence-corrected chi connectivity index (χ1v) is 8.23. The number of hydrogen-bond donors (Lipinski definition) is 2. The zero-order valence-electron chi connectivity index (χ0n) is 11.4. The van der Waals surface area contributed by atoms with Crippen molar-refractivity contribution in [2.75, 3.05) is 6.54 Å². The highest BCUT2D eigenvalue weighted by Crippen LogP contribution is 2.63. The van der Waals surface area contributed by atoms with Gasteiger partial charge in [-0.25, -0.2) is 0 Å². The van der Waals surface area contributed by atoms with Gasteiger partial charge in [-0.15, -0.1) is 34.5 Å². The second-order valence-electron chi connectivity index (χ2n) is 5.63. The number of alkyl halides is 2. The highest BCUT2D eigenvalue weighted by molar-refractivity contribution is 7.19. The van der Waals surface area contributed by atoms with E-state index in [4.69, 9.17) is 23.2 Å². The van der Waals surface area contributed by atoms with Crippen LogP contribution in [0.5, 0.6) is 0 Å². The van der Waals surface area contributed by atoms with E-state index in [9.17, 15) is 9.90 Å². The maximum Gasteiger partial charge on any atom is 0.229 e. The van der Waals surface area contributed by atoms with Gasteiger partial charge in [0.25, 0.3) is 0 Å². The van der Waals surface area contributed by atoms with Crippen LogP contribution in [-0.4, -0.2) is 21.9 Å². The van der Waals surface area contributed by atoms with Crippen LogP contribution in [0.4, 0.5) is 0 Å². The first kappa shape index (κ1) is 15.1. The maximum atomic E-state index is 12.1. The van der Waals surface area contributed by atoms with Crippen molar-refractivity contribution < 1.29 is 9.90 Å². The molecule has 1 aromatic carbocycles. The first-order chi connectivity index (χ1) is 9.83. The van der Waals surface area contributed by atoms with E-state index >= 15 is 0 Å². The van der Waals surface area contributed by atoms with Gasteiger partial charge in [0.15, 0.2) is 0 Å². The van der Waals surface area contributed by atoms with E-state index in [0.29, 0.717) is 6.42 Å². The first-order valence-electron chi connectivity index (χ1n) is 6.66. The third-order valence-electron chi connectivity index (χ3n) is 3.99. The Morgan fingerprint density at radius 1 is 1.48 bits per heavy atom. The van der Waals surface area contributed by atoms with Crippen LogP contribution in [0.15, 0.2) is 30.3 Å². The monoisotopic (exact) mass is 343 g/mol. The lowest BCUT2D eigenvalue weighted by Gasteiger charge is -2.15. The van der Waals surface area contributed by atoms with E-state index in [-0.39, 0.29) is 12.5 Å². The number of fused-ring (bicyclic) bond motifs is 1. The van der Waals surface area contributed by atoms with Gasteiger partial charge >= 0.3 is 0 Å². The van der Waals surface area contributed by atoms with Crippen LogP contribution in [0.2, 0.25) is 0 Å². The average Bonchev–Trinajstić information content (AvgIpc) is 2.82. The lowest BCUT2D eigenvalue weighted by molar-refractivity contribution is -0.126. The SMILES string of the molecule is CC1(C(=O)NCC(O)c2cc3ccccc3s2)CC1(Cl)Cl. The summed E-state index contributed by atoms with van der Waals surface area (Å²) in [5.74, 6) is -0.215. The fourth-order valence-electron chi connectivity index (χ4n) is 2.30. The third kappa shape index (κ3) is 2.66. The molecule has 2 aromatic rings. The number of amides is 1. The Balaban J connectivity index is 1.64. The summed E-state index contributed by atoms with van der Waals surface area (Å²) in [6.45, 7) is 1.89. The van der Waals surface area contributed by atoms with E-state index in [1.54, 1.807) is 6.92 Å². The minimum Gasteiger partial charge on any atom is -0.386 e. The van der Waals surface area contributed by atoms with Crippen LogP contribution in [0.3, 0.4) is 0 Å². The molecule has 1 heterocycles. The summed E-state index contributed by atoms with van der Waals surface area (Å²) in [5.41, 5.74) is -0.754. The van der Waals surface area contributed by atoms with Crippen LogP contribution in [0.1, 0.15) is 24.3 Å². The summed E-state index contributed by atoms with van der Waals surface area (Å²) in [6.07, 6.45) is -0.290. The lowest BCUT2D eigenvalue weighted by Crippen LogP contribution is -2.35. The van der Waals surface area contributed by atoms with Gasteiger partial charge in [-0.05, 0) is 30.9 Å². The molecule has 1 aliphatic rings. The molecular formula is C15H15Cl2NO2S. The Kier molecular flexibility index (Phi) is 3.69. The normalized spacial score (nSPS) is 24.8. The van der Waals surface area contributed by atoms with E-state index in [2.05, 4.69) is 5.32 Å². The zero-order valence-corrected chi connectivity index (χ0v) is 13.7. The molecule has 0 bridgehead atoms. The van der Waals surface area contributed by atoms with Crippen LogP contribution in [0.25, 0.3) is 10.1 Å². The van der Waals surface area contributed by atoms with Crippen molar-refractivity contribution in [3.63, 3.8) is 0 Å². The van der Waals surface area contributed by atoms with Gasteiger partial charge in [0.1, 0.15) is 10.4 Å². The second-order valence-corrected chi connectivity index (χ2v) is 8.23. The molecule has 112 valence electrons. The molecule has 2 N–H and O–H groups in total. The van der Waals surface area contributed by atoms with E-state index in [1.807, 2.05) is 30.3 Å². The van der Waals surface area contributed by atoms with Crippen molar-refractivity contribution in [3.8, 4) is 0 Å². The number of carbonyl (C=O) groups excluding carboxylic acids is 1. The topological polar surface area (TPSA) is 49.3 Å². The summed E-state index contributed by atoms with van der Waals surface area (Å²) in [6, 6.07) is 9.88. The van der Waals surface area contributed by atoms with Gasteiger partial charge in [0, 0.05) is 16.1 Å². The summed E-state index contributed by atoms with van der Waals surface area (Å²) >= 11 is 13.5. The lowest BCUT2D eigenvalue weighted by atomic mass is 10.1. The average molecular weight is 344 g/mol. The van der Waals surface area contributed by atoms with Gasteiger partial charge in [-0.2, -0.15) is 0 Å². The van der Waals surface area contributed by atoms with Crippen molar-refractivity contribution in [1.29, 1.82) is 0 Å². The molecule has 0 aliphatic heterocycles. The molecular weight excluding hydrogens is 329 g/mol. The number of hydrogen-bond acceptors (Lipinski definition) is 3. The number of carbonyl (C=O) groups is 1. The second kappa shape index (κ2) is 5.13. The highest BCUT2D eigenvalue weighted by atomic mass is 35.5. The van der Waals surface area contributed by atoms with Gasteiger partial charge < -0.3 is 10.4 Å². The van der Waals surface area contributed by atoms with Crippen molar-refractivity contribution in [2.24, 2.45) is 5.41 Å². The fraction of sp³-hybridized carbons (Fsp3) is 0.400. The van der Waals surface area contributed by atoms with Crippen molar-refractivity contribution in [1.82, 2.24) is 5.32 Å². The number of aliphatic hydroxyl groups is 1. The Labute approximate surface area is 136 Å². The summed E-state index contributed by atoms with van der Waals surface area (Å²) in [4.78, 5) is 12.9. The number of nitrogens with one attached hydrogen (secondary N) is 1. The molecule has 1 aliphatic carbocycles. The zero-order chi connectivity index (χ0) is 15.3. The van der Waals surface area contributed by atoms with Gasteiger partial charge in [0.2, 0.25) is 5.91 Å². The maximum absolute atomic E-state index is 12.1. The quantitative estimate of drug-likeness (QED) is 0.832. The molecule has 0 radical (unpaired) electrons. The molecule has 0 spiro atoms. The number of thiophene rings is 1. The molecule has 1 fully saturated rings. The highest BCUT2D eigenvalue weighted by Gasteiger charge is 2.67. The largest absolute Gasteiger partial charge is 0.386 e. The standard InChI is InChI=1S/C15H15Cl2NO2S/c1-14(8-15(14,16)17)13(20)18-7-10(19)12-6-9-4-2-3-5-11(9)21-12/h2-6,10,19H,7-8H2,1H3,(H,18,20). The molecule has 6 heteroatoms. The molecule has 1 aromatic heterocycles.